The second-order valence-corrected chi connectivity index (χ2v) is 3.02. The summed E-state index contributed by atoms with van der Waals surface area (Å²) in [5.41, 5.74) is 0. The molecule has 0 aliphatic rings. The smallest absolute Gasteiger partial charge is 0.00411 e. The molecule has 0 fully saturated rings. The third-order valence-electron chi connectivity index (χ3n) is 1.69. The average Bonchev–Trinajstić information content (AvgIpc) is 1.91. The van der Waals surface area contributed by atoms with E-state index in [2.05, 4.69) is 39.5 Å². The SMILES string of the molecule is CC.CCN(C(C)C)C(C)C.O.[Pt]. The van der Waals surface area contributed by atoms with Gasteiger partial charge in [-0.3, -0.25) is 4.90 Å². The van der Waals surface area contributed by atoms with Crippen molar-refractivity contribution in [3.63, 3.8) is 0 Å². The molecule has 0 amide bonds. The van der Waals surface area contributed by atoms with E-state index in [1.807, 2.05) is 13.8 Å². The Kier molecular flexibility index (Phi) is 27.2. The van der Waals surface area contributed by atoms with Gasteiger partial charge in [0.15, 0.2) is 0 Å². The standard InChI is InChI=1S/C8H19N.C2H6.H2O.Pt/c1-6-9(7(2)3)8(4)5;1-2;;/h7-8H,6H2,1-5H3;1-2H3;1H2;. The molecule has 2 nitrogen and oxygen atoms in total. The van der Waals surface area contributed by atoms with Crippen molar-refractivity contribution < 1.29 is 26.5 Å². The van der Waals surface area contributed by atoms with Gasteiger partial charge in [-0.15, -0.1) is 0 Å². The molecule has 0 aromatic carbocycles. The molecule has 0 heterocycles. The summed E-state index contributed by atoms with van der Waals surface area (Å²) in [7, 11) is 0. The molecule has 0 radical (unpaired) electrons. The van der Waals surface area contributed by atoms with E-state index in [-0.39, 0.29) is 26.5 Å². The molecule has 0 saturated heterocycles. The second-order valence-electron chi connectivity index (χ2n) is 3.02. The van der Waals surface area contributed by atoms with E-state index in [1.165, 1.54) is 0 Å². The van der Waals surface area contributed by atoms with Gasteiger partial charge in [-0.2, -0.15) is 0 Å². The molecule has 3 heteroatoms. The molecule has 0 aromatic rings. The molecule has 0 unspecified atom stereocenters. The Bertz CT molecular complexity index is 69.3. The molecular formula is C10H27NOPt. The van der Waals surface area contributed by atoms with Gasteiger partial charge in [-0.05, 0) is 34.2 Å². The van der Waals surface area contributed by atoms with Crippen molar-refractivity contribution in [3.8, 4) is 0 Å². The van der Waals surface area contributed by atoms with E-state index in [1.54, 1.807) is 0 Å². The van der Waals surface area contributed by atoms with Crippen LogP contribution in [-0.4, -0.2) is 29.0 Å². The maximum absolute atomic E-state index is 2.46. The van der Waals surface area contributed by atoms with E-state index in [9.17, 15) is 0 Å². The summed E-state index contributed by atoms with van der Waals surface area (Å²) in [5.74, 6) is 0. The summed E-state index contributed by atoms with van der Waals surface area (Å²) in [6.45, 7) is 16.3. The van der Waals surface area contributed by atoms with E-state index in [0.717, 1.165) is 6.54 Å². The molecule has 0 spiro atoms. The summed E-state index contributed by atoms with van der Waals surface area (Å²) < 4.78 is 0. The van der Waals surface area contributed by atoms with Gasteiger partial charge in [-0.1, -0.05) is 20.8 Å². The van der Waals surface area contributed by atoms with Crippen LogP contribution in [0.3, 0.4) is 0 Å². The Labute approximate surface area is 98.7 Å². The first-order valence-corrected chi connectivity index (χ1v) is 4.85. The van der Waals surface area contributed by atoms with Gasteiger partial charge in [-0.25, -0.2) is 0 Å². The Morgan fingerprint density at radius 2 is 1.15 bits per heavy atom. The van der Waals surface area contributed by atoms with E-state index in [4.69, 9.17) is 0 Å². The van der Waals surface area contributed by atoms with Crippen LogP contribution in [0, 0.1) is 0 Å². The van der Waals surface area contributed by atoms with Crippen LogP contribution < -0.4 is 0 Å². The number of nitrogens with zero attached hydrogens (tertiary/aromatic N) is 1. The van der Waals surface area contributed by atoms with E-state index >= 15 is 0 Å². The Hall–Kier alpha value is 0.608. The first-order chi connectivity index (χ1) is 5.09. The van der Waals surface area contributed by atoms with Gasteiger partial charge < -0.3 is 5.48 Å². The number of rotatable bonds is 3. The summed E-state index contributed by atoms with van der Waals surface area (Å²) >= 11 is 0. The summed E-state index contributed by atoms with van der Waals surface area (Å²) in [5, 5.41) is 0. The van der Waals surface area contributed by atoms with Crippen LogP contribution in [0.4, 0.5) is 0 Å². The molecule has 2 N–H and O–H groups in total. The fraction of sp³-hybridized carbons (Fsp3) is 1.00. The molecular weight excluding hydrogens is 345 g/mol. The van der Waals surface area contributed by atoms with Crippen molar-refractivity contribution in [1.29, 1.82) is 0 Å². The summed E-state index contributed by atoms with van der Waals surface area (Å²) in [6, 6.07) is 1.38. The minimum absolute atomic E-state index is 0. The van der Waals surface area contributed by atoms with Crippen molar-refractivity contribution >= 4 is 0 Å². The Morgan fingerprint density at radius 1 is 0.923 bits per heavy atom. The minimum Gasteiger partial charge on any atom is -0.412 e. The zero-order chi connectivity index (χ0) is 9.44. The predicted molar refractivity (Wildman–Crippen MR) is 57.6 cm³/mol. The Morgan fingerprint density at radius 3 is 1.15 bits per heavy atom. The van der Waals surface area contributed by atoms with Gasteiger partial charge in [0.25, 0.3) is 0 Å². The van der Waals surface area contributed by atoms with Gasteiger partial charge >= 0.3 is 0 Å². The monoisotopic (exact) mass is 372 g/mol. The summed E-state index contributed by atoms with van der Waals surface area (Å²) in [4.78, 5) is 2.46. The molecule has 0 atom stereocenters. The normalized spacial score (nSPS) is 8.77. The second kappa shape index (κ2) is 15.1. The van der Waals surface area contributed by atoms with Crippen LogP contribution in [0.25, 0.3) is 0 Å². The zero-order valence-corrected chi connectivity index (χ0v) is 12.4. The van der Waals surface area contributed by atoms with Gasteiger partial charge in [0, 0.05) is 33.1 Å². The summed E-state index contributed by atoms with van der Waals surface area (Å²) in [6.07, 6.45) is 0. The largest absolute Gasteiger partial charge is 0.412 e. The van der Waals surface area contributed by atoms with Crippen LogP contribution in [0.15, 0.2) is 0 Å². The molecule has 0 aliphatic carbocycles. The maximum atomic E-state index is 2.46. The predicted octanol–water partition coefficient (Wildman–Crippen LogP) is 2.32. The van der Waals surface area contributed by atoms with Crippen molar-refractivity contribution in [2.45, 2.75) is 60.5 Å². The zero-order valence-electron chi connectivity index (χ0n) is 10.1. The number of hydrogen-bond donors (Lipinski definition) is 0. The van der Waals surface area contributed by atoms with Gasteiger partial charge in [0.05, 0.1) is 0 Å². The quantitative estimate of drug-likeness (QED) is 0.749. The third-order valence-corrected chi connectivity index (χ3v) is 1.69. The molecule has 0 aliphatic heterocycles. The van der Waals surface area contributed by atoms with E-state index in [0.29, 0.717) is 12.1 Å². The Balaban J connectivity index is -0.0000000941. The van der Waals surface area contributed by atoms with Crippen LogP contribution in [-0.2, 0) is 21.1 Å². The maximum Gasteiger partial charge on any atom is 0.00411 e. The fourth-order valence-electron chi connectivity index (χ4n) is 1.33. The molecule has 88 valence electrons. The topological polar surface area (TPSA) is 34.7 Å². The molecule has 0 bridgehead atoms. The molecule has 13 heavy (non-hydrogen) atoms. The van der Waals surface area contributed by atoms with Crippen LogP contribution in [0.1, 0.15) is 48.5 Å². The van der Waals surface area contributed by atoms with Crippen LogP contribution >= 0.6 is 0 Å². The van der Waals surface area contributed by atoms with Crippen molar-refractivity contribution in [2.75, 3.05) is 6.54 Å². The van der Waals surface area contributed by atoms with Crippen LogP contribution in [0.5, 0.6) is 0 Å². The van der Waals surface area contributed by atoms with E-state index < -0.39 is 0 Å². The number of hydrogen-bond acceptors (Lipinski definition) is 1. The minimum atomic E-state index is 0. The third kappa shape index (κ3) is 12.6. The molecule has 0 saturated carbocycles. The van der Waals surface area contributed by atoms with Gasteiger partial charge in [0.2, 0.25) is 0 Å². The molecule has 0 aromatic heterocycles. The van der Waals surface area contributed by atoms with Crippen LogP contribution in [0.2, 0.25) is 0 Å². The first kappa shape index (κ1) is 23.4. The van der Waals surface area contributed by atoms with Crippen molar-refractivity contribution in [2.24, 2.45) is 0 Å². The van der Waals surface area contributed by atoms with Gasteiger partial charge in [0.1, 0.15) is 0 Å². The fourth-order valence-corrected chi connectivity index (χ4v) is 1.33. The van der Waals surface area contributed by atoms with Crippen molar-refractivity contribution in [3.05, 3.63) is 0 Å². The average molecular weight is 372 g/mol. The molecule has 0 rings (SSSR count). The van der Waals surface area contributed by atoms with Crippen molar-refractivity contribution in [1.82, 2.24) is 4.90 Å². The first-order valence-electron chi connectivity index (χ1n) is 4.85.